The van der Waals surface area contributed by atoms with E-state index in [0.29, 0.717) is 0 Å². The van der Waals surface area contributed by atoms with Gasteiger partial charge in [0, 0.05) is 6.54 Å². The Bertz CT molecular complexity index is 1750. The van der Waals surface area contributed by atoms with Gasteiger partial charge in [-0.15, -0.1) is 0 Å². The molecule has 2 fully saturated rings. The zero-order valence-corrected chi connectivity index (χ0v) is 23.4. The predicted molar refractivity (Wildman–Crippen MR) is 168 cm³/mol. The van der Waals surface area contributed by atoms with Crippen molar-refractivity contribution in [2.45, 2.75) is 30.0 Å². The van der Waals surface area contributed by atoms with Gasteiger partial charge in [-0.05, 0) is 45.4 Å². The van der Waals surface area contributed by atoms with Crippen molar-refractivity contribution in [3.8, 4) is 0 Å². The van der Waals surface area contributed by atoms with E-state index in [9.17, 15) is 0 Å². The van der Waals surface area contributed by atoms with Gasteiger partial charge in [0.15, 0.2) is 5.78 Å². The summed E-state index contributed by atoms with van der Waals surface area (Å²) in [6, 6.07) is 53.0. The van der Waals surface area contributed by atoms with E-state index in [1.54, 1.807) is 0 Å². The van der Waals surface area contributed by atoms with Crippen LogP contribution in [0.3, 0.4) is 0 Å². The Morgan fingerprint density at radius 1 is 0.571 bits per heavy atom. The van der Waals surface area contributed by atoms with Gasteiger partial charge in [0.1, 0.15) is 5.54 Å². The molecule has 0 radical (unpaired) electrons. The summed E-state index contributed by atoms with van der Waals surface area (Å²) in [5, 5.41) is 5.04. The van der Waals surface area contributed by atoms with Crippen LogP contribution in [0.4, 0.5) is 0 Å². The maximum atomic E-state index is 15.9. The molecule has 0 spiro atoms. The van der Waals surface area contributed by atoms with Crippen LogP contribution in [0.25, 0.3) is 11.1 Å². The molecule has 0 aromatic heterocycles. The standard InChI is InChI=1S/C39H32N2O/c42-38-35(29-18-8-2-9-19-29)37(31-22-12-4-13-23-31)40-27-26-33-34(28-16-6-1-7-17-28)36(30-20-10-3-11-21-30)39(38,41(33)40)32-24-14-5-15-25-32/h1-25,33,35,37H,26-27H2/t33-,35-,37-,39-/m0/s1. The van der Waals surface area contributed by atoms with Crippen LogP contribution in [0.5, 0.6) is 0 Å². The lowest BCUT2D eigenvalue weighted by Crippen LogP contribution is -2.64. The van der Waals surface area contributed by atoms with E-state index in [2.05, 4.69) is 150 Å². The lowest BCUT2D eigenvalue weighted by Gasteiger charge is -2.54. The first kappa shape index (κ1) is 25.2. The summed E-state index contributed by atoms with van der Waals surface area (Å²) in [5.41, 5.74) is 6.98. The van der Waals surface area contributed by atoms with Crippen LogP contribution in [0.15, 0.2) is 152 Å². The summed E-state index contributed by atoms with van der Waals surface area (Å²) in [5.74, 6) is -0.112. The summed E-state index contributed by atoms with van der Waals surface area (Å²) in [7, 11) is 0. The minimum atomic E-state index is -0.971. The average molecular weight is 545 g/mol. The summed E-state index contributed by atoms with van der Waals surface area (Å²) in [6.07, 6.45) is 0.952. The SMILES string of the molecule is O=C1[C@@H](c2ccccc2)[C@H](c2ccccc2)N2CC[C@H]3C(c4ccccc4)=C(c4ccccc4)[C@]1(c1ccccc1)N32. The monoisotopic (exact) mass is 544 g/mol. The molecule has 204 valence electrons. The highest BCUT2D eigenvalue weighted by molar-refractivity contribution is 6.15. The van der Waals surface area contributed by atoms with Gasteiger partial charge in [0.2, 0.25) is 0 Å². The van der Waals surface area contributed by atoms with E-state index in [0.717, 1.165) is 35.2 Å². The molecule has 5 aromatic rings. The molecule has 0 saturated carbocycles. The van der Waals surface area contributed by atoms with Gasteiger partial charge in [-0.25, -0.2) is 10.0 Å². The number of ketones is 1. The smallest absolute Gasteiger partial charge is 0.172 e. The van der Waals surface area contributed by atoms with Crippen LogP contribution in [-0.4, -0.2) is 28.4 Å². The number of carbonyl (C=O) groups excluding carboxylic acids is 1. The first-order chi connectivity index (χ1) is 20.8. The van der Waals surface area contributed by atoms with Gasteiger partial charge in [-0.1, -0.05) is 152 Å². The quantitative estimate of drug-likeness (QED) is 0.225. The highest BCUT2D eigenvalue weighted by atomic mass is 16.1. The molecule has 0 unspecified atom stereocenters. The van der Waals surface area contributed by atoms with Crippen LogP contribution in [0.1, 0.15) is 46.2 Å². The topological polar surface area (TPSA) is 23.6 Å². The third-order valence-electron chi connectivity index (χ3n) is 9.43. The Hall–Kier alpha value is -4.57. The number of rotatable bonds is 5. The number of nitrogens with zero attached hydrogens (tertiary/aromatic N) is 2. The second-order valence-corrected chi connectivity index (χ2v) is 11.5. The Morgan fingerprint density at radius 3 is 1.67 bits per heavy atom. The van der Waals surface area contributed by atoms with E-state index < -0.39 is 5.54 Å². The molecule has 3 nitrogen and oxygen atoms in total. The zero-order chi connectivity index (χ0) is 28.1. The summed E-state index contributed by atoms with van der Waals surface area (Å²) in [4.78, 5) is 15.9. The minimum Gasteiger partial charge on any atom is -0.296 e. The third-order valence-corrected chi connectivity index (χ3v) is 9.43. The molecule has 5 aromatic carbocycles. The van der Waals surface area contributed by atoms with E-state index in [1.807, 2.05) is 12.1 Å². The fraction of sp³-hybridized carbons (Fsp3) is 0.154. The van der Waals surface area contributed by atoms with Crippen molar-refractivity contribution in [1.82, 2.24) is 10.0 Å². The minimum absolute atomic E-state index is 0.0784. The zero-order valence-electron chi connectivity index (χ0n) is 23.4. The molecular formula is C39H32N2O. The van der Waals surface area contributed by atoms with Crippen LogP contribution in [-0.2, 0) is 10.3 Å². The normalized spacial score (nSPS) is 25.5. The lowest BCUT2D eigenvalue weighted by atomic mass is 9.67. The maximum absolute atomic E-state index is 15.9. The Kier molecular flexibility index (Phi) is 6.03. The van der Waals surface area contributed by atoms with E-state index in [1.165, 1.54) is 16.7 Å². The number of carbonyl (C=O) groups is 1. The van der Waals surface area contributed by atoms with Gasteiger partial charge in [0.05, 0.1) is 18.0 Å². The van der Waals surface area contributed by atoms with E-state index in [-0.39, 0.29) is 23.8 Å². The van der Waals surface area contributed by atoms with Crippen LogP contribution in [0.2, 0.25) is 0 Å². The Labute approximate surface area is 247 Å². The third kappa shape index (κ3) is 3.57. The molecule has 8 rings (SSSR count). The summed E-state index contributed by atoms with van der Waals surface area (Å²) in [6.45, 7) is 0.883. The van der Waals surface area contributed by atoms with Gasteiger partial charge in [-0.2, -0.15) is 0 Å². The fourth-order valence-corrected chi connectivity index (χ4v) is 7.91. The van der Waals surface area contributed by atoms with Crippen molar-refractivity contribution < 1.29 is 4.79 Å². The van der Waals surface area contributed by atoms with Crippen molar-refractivity contribution in [2.75, 3.05) is 6.54 Å². The molecule has 3 aliphatic heterocycles. The highest BCUT2D eigenvalue weighted by Gasteiger charge is 2.68. The Morgan fingerprint density at radius 2 is 1.07 bits per heavy atom. The highest BCUT2D eigenvalue weighted by Crippen LogP contribution is 2.64. The van der Waals surface area contributed by atoms with Crippen molar-refractivity contribution in [1.29, 1.82) is 0 Å². The number of Topliss-reactive ketones (excluding diaryl/α,β-unsaturated/α-hetero) is 1. The summed E-state index contributed by atoms with van der Waals surface area (Å²) >= 11 is 0. The van der Waals surface area contributed by atoms with Gasteiger partial charge in [0.25, 0.3) is 0 Å². The van der Waals surface area contributed by atoms with Crippen LogP contribution >= 0.6 is 0 Å². The number of hydrogen-bond acceptors (Lipinski definition) is 3. The second kappa shape index (κ2) is 10.1. The van der Waals surface area contributed by atoms with E-state index in [4.69, 9.17) is 0 Å². The molecule has 0 bridgehead atoms. The molecule has 3 heteroatoms. The molecule has 4 atom stereocenters. The Balaban J connectivity index is 1.49. The van der Waals surface area contributed by atoms with Crippen molar-refractivity contribution in [3.05, 3.63) is 179 Å². The van der Waals surface area contributed by atoms with Gasteiger partial charge < -0.3 is 0 Å². The fourth-order valence-electron chi connectivity index (χ4n) is 7.91. The molecule has 42 heavy (non-hydrogen) atoms. The largest absolute Gasteiger partial charge is 0.296 e. The predicted octanol–water partition coefficient (Wildman–Crippen LogP) is 7.91. The number of hydrazine groups is 1. The maximum Gasteiger partial charge on any atom is 0.172 e. The molecule has 3 aliphatic rings. The second-order valence-electron chi connectivity index (χ2n) is 11.5. The van der Waals surface area contributed by atoms with Crippen molar-refractivity contribution >= 4 is 16.9 Å². The molecule has 2 saturated heterocycles. The summed E-state index contributed by atoms with van der Waals surface area (Å²) < 4.78 is 0. The first-order valence-electron chi connectivity index (χ1n) is 14.9. The number of hydrogen-bond donors (Lipinski definition) is 0. The molecular weight excluding hydrogens is 512 g/mol. The number of benzene rings is 5. The molecule has 3 heterocycles. The van der Waals surface area contributed by atoms with E-state index >= 15 is 4.79 Å². The lowest BCUT2D eigenvalue weighted by molar-refractivity contribution is -0.165. The molecule has 0 aliphatic carbocycles. The van der Waals surface area contributed by atoms with Crippen LogP contribution < -0.4 is 0 Å². The van der Waals surface area contributed by atoms with Crippen LogP contribution in [0, 0.1) is 0 Å². The van der Waals surface area contributed by atoms with Crippen molar-refractivity contribution in [2.24, 2.45) is 0 Å². The van der Waals surface area contributed by atoms with Gasteiger partial charge >= 0.3 is 0 Å². The first-order valence-corrected chi connectivity index (χ1v) is 14.9. The molecule has 0 amide bonds. The van der Waals surface area contributed by atoms with Gasteiger partial charge in [-0.3, -0.25) is 4.79 Å². The molecule has 0 N–H and O–H groups in total. The average Bonchev–Trinajstić information content (AvgIpc) is 3.63. The van der Waals surface area contributed by atoms with Crippen molar-refractivity contribution in [3.63, 3.8) is 0 Å².